The van der Waals surface area contributed by atoms with Crippen LogP contribution in [0.4, 0.5) is 14.7 Å². The number of ether oxygens (including phenoxy) is 1. The number of esters is 1. The van der Waals surface area contributed by atoms with E-state index in [9.17, 15) is 9.18 Å². The summed E-state index contributed by atoms with van der Waals surface area (Å²) in [5, 5.41) is 4.39. The lowest BCUT2D eigenvalue weighted by Crippen LogP contribution is -2.03. The molecule has 0 bridgehead atoms. The molecule has 1 aromatic carbocycles. The van der Waals surface area contributed by atoms with Gasteiger partial charge in [-0.05, 0) is 31.5 Å². The Hall–Kier alpha value is -2.10. The van der Waals surface area contributed by atoms with Crippen molar-refractivity contribution in [1.29, 1.82) is 0 Å². The van der Waals surface area contributed by atoms with Crippen LogP contribution in [0.25, 0.3) is 19.7 Å². The number of nitrogens with one attached hydrogen (secondary N) is 1. The zero-order valence-corrected chi connectivity index (χ0v) is 15.7. The molecule has 0 unspecified atom stereocenters. The number of fused-ring (bicyclic) bond motifs is 2. The Kier molecular flexibility index (Phi) is 4.14. The molecule has 3 aromatic heterocycles. The van der Waals surface area contributed by atoms with E-state index >= 15 is 0 Å². The van der Waals surface area contributed by atoms with Crippen LogP contribution in [-0.2, 0) is 4.74 Å². The molecule has 0 radical (unpaired) electrons. The maximum atomic E-state index is 13.8. The van der Waals surface area contributed by atoms with Gasteiger partial charge in [0, 0.05) is 0 Å². The minimum atomic E-state index is -0.336. The number of anilines is 2. The van der Waals surface area contributed by atoms with E-state index in [0.29, 0.717) is 27.3 Å². The summed E-state index contributed by atoms with van der Waals surface area (Å²) in [6, 6.07) is 4.89. The summed E-state index contributed by atoms with van der Waals surface area (Å²) < 4.78 is 20.5. The number of hydrogen-bond donors (Lipinski definition) is 1. The van der Waals surface area contributed by atoms with Gasteiger partial charge in [0.15, 0.2) is 10.3 Å². The molecule has 4 rings (SSSR count). The third-order valence-electron chi connectivity index (χ3n) is 3.52. The highest BCUT2D eigenvalue weighted by Crippen LogP contribution is 2.39. The fraction of sp³-hybridized carbons (Fsp3) is 0.188. The molecule has 0 atom stereocenters. The number of thiophene rings is 1. The maximum absolute atomic E-state index is 13.8. The fourth-order valence-corrected chi connectivity index (χ4v) is 5.55. The van der Waals surface area contributed by atoms with E-state index in [-0.39, 0.29) is 11.8 Å². The molecule has 4 aromatic rings. The van der Waals surface area contributed by atoms with Crippen molar-refractivity contribution in [3.63, 3.8) is 0 Å². The van der Waals surface area contributed by atoms with Crippen molar-refractivity contribution in [2.75, 3.05) is 11.9 Å². The highest BCUT2D eigenvalue weighted by molar-refractivity contribution is 7.30. The van der Waals surface area contributed by atoms with Crippen LogP contribution in [0.5, 0.6) is 0 Å². The minimum absolute atomic E-state index is 0.314. The second-order valence-electron chi connectivity index (χ2n) is 5.16. The SMILES string of the molecule is CCOC(=O)c1sc2nc(Nc3nc4c(F)cccc4s3)sc2c1C. The van der Waals surface area contributed by atoms with E-state index < -0.39 is 0 Å². The third kappa shape index (κ3) is 2.88. The lowest BCUT2D eigenvalue weighted by molar-refractivity contribution is 0.0531. The van der Waals surface area contributed by atoms with Gasteiger partial charge in [-0.25, -0.2) is 19.2 Å². The Morgan fingerprint density at radius 3 is 2.76 bits per heavy atom. The minimum Gasteiger partial charge on any atom is -0.462 e. The van der Waals surface area contributed by atoms with Crippen molar-refractivity contribution < 1.29 is 13.9 Å². The Labute approximate surface area is 154 Å². The maximum Gasteiger partial charge on any atom is 0.348 e. The first kappa shape index (κ1) is 16.4. The van der Waals surface area contributed by atoms with Crippen LogP contribution in [0.15, 0.2) is 18.2 Å². The molecule has 3 heterocycles. The first-order valence-electron chi connectivity index (χ1n) is 7.46. The lowest BCUT2D eigenvalue weighted by atomic mass is 10.3. The van der Waals surface area contributed by atoms with Gasteiger partial charge in [-0.15, -0.1) is 11.3 Å². The molecule has 1 N–H and O–H groups in total. The van der Waals surface area contributed by atoms with E-state index in [0.717, 1.165) is 19.8 Å². The Balaban J connectivity index is 1.65. The summed E-state index contributed by atoms with van der Waals surface area (Å²) in [5.41, 5.74) is 1.23. The topological polar surface area (TPSA) is 64.1 Å². The molecule has 5 nitrogen and oxygen atoms in total. The molecule has 0 saturated heterocycles. The monoisotopic (exact) mass is 393 g/mol. The summed E-state index contributed by atoms with van der Waals surface area (Å²) in [4.78, 5) is 22.1. The Bertz CT molecular complexity index is 1100. The van der Waals surface area contributed by atoms with Crippen LogP contribution >= 0.6 is 34.0 Å². The van der Waals surface area contributed by atoms with Crippen molar-refractivity contribution in [2.45, 2.75) is 13.8 Å². The van der Waals surface area contributed by atoms with Gasteiger partial charge in [0.2, 0.25) is 0 Å². The van der Waals surface area contributed by atoms with Gasteiger partial charge in [-0.3, -0.25) is 0 Å². The molecular formula is C16H12FN3O2S3. The molecule has 0 saturated carbocycles. The van der Waals surface area contributed by atoms with Crippen LogP contribution in [-0.4, -0.2) is 22.5 Å². The average molecular weight is 393 g/mol. The summed E-state index contributed by atoms with van der Waals surface area (Å²) in [6.45, 7) is 4.02. The van der Waals surface area contributed by atoms with Gasteiger partial charge < -0.3 is 10.1 Å². The van der Waals surface area contributed by atoms with Crippen molar-refractivity contribution >= 4 is 70.0 Å². The molecule has 0 aliphatic carbocycles. The van der Waals surface area contributed by atoms with Gasteiger partial charge in [0.1, 0.15) is 21.0 Å². The van der Waals surface area contributed by atoms with Gasteiger partial charge >= 0.3 is 5.97 Å². The molecule has 0 spiro atoms. The highest BCUT2D eigenvalue weighted by Gasteiger charge is 2.20. The first-order chi connectivity index (χ1) is 12.1. The van der Waals surface area contributed by atoms with Gasteiger partial charge in [-0.2, -0.15) is 0 Å². The average Bonchev–Trinajstić information content (AvgIpc) is 3.23. The zero-order chi connectivity index (χ0) is 17.6. The van der Waals surface area contributed by atoms with Gasteiger partial charge in [-0.1, -0.05) is 28.7 Å². The number of thiazole rings is 2. The standard InChI is InChI=1S/C16H12FN3O2S3/c1-3-22-14(21)12-7(2)11-13(24-12)19-16(25-11)20-15-18-10-8(17)5-4-6-9(10)23-15/h4-6H,3H2,1-2H3,(H,18,19,20). The molecule has 25 heavy (non-hydrogen) atoms. The van der Waals surface area contributed by atoms with E-state index in [1.165, 1.54) is 40.1 Å². The lowest BCUT2D eigenvalue weighted by Gasteiger charge is -1.99. The second-order valence-corrected chi connectivity index (χ2v) is 8.19. The van der Waals surface area contributed by atoms with E-state index in [1.54, 1.807) is 13.0 Å². The number of carbonyl (C=O) groups is 1. The number of nitrogens with zero attached hydrogens (tertiary/aromatic N) is 2. The largest absolute Gasteiger partial charge is 0.462 e. The summed E-state index contributed by atoms with van der Waals surface area (Å²) >= 11 is 4.13. The van der Waals surface area contributed by atoms with Crippen molar-refractivity contribution in [3.8, 4) is 0 Å². The van der Waals surface area contributed by atoms with E-state index in [4.69, 9.17) is 4.74 Å². The number of benzene rings is 1. The number of rotatable bonds is 4. The quantitative estimate of drug-likeness (QED) is 0.475. The van der Waals surface area contributed by atoms with Gasteiger partial charge in [0.05, 0.1) is 16.0 Å². The van der Waals surface area contributed by atoms with Crippen LogP contribution in [0.1, 0.15) is 22.2 Å². The molecule has 0 fully saturated rings. The predicted octanol–water partition coefficient (Wildman–Crippen LogP) is 5.34. The summed E-state index contributed by atoms with van der Waals surface area (Å²) in [6.07, 6.45) is 0. The Morgan fingerprint density at radius 2 is 2.04 bits per heavy atom. The Morgan fingerprint density at radius 1 is 1.24 bits per heavy atom. The molecule has 0 aliphatic rings. The number of aryl methyl sites for hydroxylation is 1. The number of aromatic nitrogens is 2. The van der Waals surface area contributed by atoms with Crippen LogP contribution in [0.3, 0.4) is 0 Å². The molecule has 9 heteroatoms. The number of carbonyl (C=O) groups excluding carboxylic acids is 1. The number of para-hydroxylation sites is 1. The van der Waals surface area contributed by atoms with Crippen LogP contribution in [0.2, 0.25) is 0 Å². The van der Waals surface area contributed by atoms with Crippen LogP contribution < -0.4 is 5.32 Å². The smallest absolute Gasteiger partial charge is 0.348 e. The summed E-state index contributed by atoms with van der Waals surface area (Å²) in [5.74, 6) is -0.650. The van der Waals surface area contributed by atoms with Gasteiger partial charge in [0.25, 0.3) is 0 Å². The molecule has 0 aliphatic heterocycles. The first-order valence-corrected chi connectivity index (χ1v) is 9.91. The highest BCUT2D eigenvalue weighted by atomic mass is 32.1. The van der Waals surface area contributed by atoms with Crippen LogP contribution in [0, 0.1) is 12.7 Å². The summed E-state index contributed by atoms with van der Waals surface area (Å²) in [7, 11) is 0. The van der Waals surface area contributed by atoms with E-state index in [1.807, 2.05) is 13.0 Å². The zero-order valence-electron chi connectivity index (χ0n) is 13.3. The van der Waals surface area contributed by atoms with Crippen molar-refractivity contribution in [1.82, 2.24) is 9.97 Å². The molecule has 0 amide bonds. The second kappa shape index (κ2) is 6.32. The number of halogens is 1. The number of hydrogen-bond acceptors (Lipinski definition) is 8. The van der Waals surface area contributed by atoms with E-state index in [2.05, 4.69) is 15.3 Å². The normalized spacial score (nSPS) is 11.3. The van der Waals surface area contributed by atoms with Crippen molar-refractivity contribution in [2.24, 2.45) is 0 Å². The third-order valence-corrected chi connectivity index (χ3v) is 6.84. The van der Waals surface area contributed by atoms with Crippen molar-refractivity contribution in [3.05, 3.63) is 34.5 Å². The molecule has 128 valence electrons. The molecular weight excluding hydrogens is 381 g/mol. The fourth-order valence-electron chi connectivity index (χ4n) is 2.39. The predicted molar refractivity (Wildman–Crippen MR) is 101 cm³/mol.